The third-order valence-corrected chi connectivity index (χ3v) is 6.04. The third kappa shape index (κ3) is 1.68. The van der Waals surface area contributed by atoms with Crippen LogP contribution in [0.25, 0.3) is 0 Å². The van der Waals surface area contributed by atoms with E-state index < -0.39 is 0 Å². The maximum Gasteiger partial charge on any atom is 0.133 e. The van der Waals surface area contributed by atoms with Gasteiger partial charge >= 0.3 is 0 Å². The van der Waals surface area contributed by atoms with Crippen molar-refractivity contribution in [3.63, 3.8) is 0 Å². The second-order valence-corrected chi connectivity index (χ2v) is 7.03. The van der Waals surface area contributed by atoms with Crippen LogP contribution < -0.4 is 5.32 Å². The highest BCUT2D eigenvalue weighted by molar-refractivity contribution is 5.22. The second-order valence-electron chi connectivity index (χ2n) is 7.03. The van der Waals surface area contributed by atoms with Crippen LogP contribution in [0.4, 0.5) is 0 Å². The maximum absolute atomic E-state index is 5.68. The molecule has 4 nitrogen and oxygen atoms in total. The van der Waals surface area contributed by atoms with Gasteiger partial charge in [0.1, 0.15) is 17.6 Å². The Hall–Kier alpha value is -1.55. The Labute approximate surface area is 124 Å². The fraction of sp³-hybridized carbons (Fsp3) is 0.588. The van der Waals surface area contributed by atoms with Crippen LogP contribution in [0, 0.1) is 23.7 Å². The van der Waals surface area contributed by atoms with Crippen LogP contribution in [0.2, 0.25) is 0 Å². The highest BCUT2D eigenvalue weighted by atomic mass is 16.3. The predicted molar refractivity (Wildman–Crippen MR) is 78.5 cm³/mol. The van der Waals surface area contributed by atoms with Gasteiger partial charge in [0.2, 0.25) is 0 Å². The number of furan rings is 1. The summed E-state index contributed by atoms with van der Waals surface area (Å²) >= 11 is 0. The van der Waals surface area contributed by atoms with Crippen LogP contribution >= 0.6 is 0 Å². The predicted octanol–water partition coefficient (Wildman–Crippen LogP) is 2.74. The average molecular weight is 283 g/mol. The molecule has 0 spiro atoms. The number of nitrogens with one attached hydrogen (secondary N) is 1. The van der Waals surface area contributed by atoms with Crippen LogP contribution in [0.5, 0.6) is 0 Å². The monoisotopic (exact) mass is 283 g/mol. The summed E-state index contributed by atoms with van der Waals surface area (Å²) in [7, 11) is 2.05. The summed E-state index contributed by atoms with van der Waals surface area (Å²) in [5, 5.41) is 3.86. The Balaban J connectivity index is 1.43. The molecule has 110 valence electrons. The van der Waals surface area contributed by atoms with Crippen LogP contribution in [-0.4, -0.2) is 15.6 Å². The molecule has 0 aliphatic heterocycles. The lowest BCUT2D eigenvalue weighted by atomic mass is 10.0. The number of aromatic nitrogens is 2. The average Bonchev–Trinajstić information content (AvgIpc) is 3.06. The molecule has 3 fully saturated rings. The standard InChI is InChI=1S/C17H21N3O/c1-20-7-6-18-17(20)15(12-3-2-8-21-12)19-16-13-10-4-5-11(9-10)14(13)16/h2-3,6-8,10-11,13-16,19H,4-5,9H2,1H3. The lowest BCUT2D eigenvalue weighted by molar-refractivity contribution is 0.388. The van der Waals surface area contributed by atoms with Gasteiger partial charge in [0.15, 0.2) is 0 Å². The van der Waals surface area contributed by atoms with Crippen LogP contribution in [0.15, 0.2) is 35.2 Å². The summed E-state index contributed by atoms with van der Waals surface area (Å²) in [5.74, 6) is 5.82. The quantitative estimate of drug-likeness (QED) is 0.938. The highest BCUT2D eigenvalue weighted by Gasteiger charge is 2.65. The van der Waals surface area contributed by atoms with Gasteiger partial charge in [-0.25, -0.2) is 4.98 Å². The first-order valence-corrected chi connectivity index (χ1v) is 8.09. The maximum atomic E-state index is 5.68. The SMILES string of the molecule is Cn1ccnc1C(NC1C2C3CCC(C3)C12)c1ccco1. The number of rotatable bonds is 4. The van der Waals surface area contributed by atoms with Gasteiger partial charge in [0, 0.05) is 25.5 Å². The lowest BCUT2D eigenvalue weighted by Crippen LogP contribution is -2.30. The van der Waals surface area contributed by atoms with E-state index in [0.29, 0.717) is 6.04 Å². The van der Waals surface area contributed by atoms with E-state index in [4.69, 9.17) is 4.42 Å². The van der Waals surface area contributed by atoms with Crippen molar-refractivity contribution in [1.82, 2.24) is 14.9 Å². The van der Waals surface area contributed by atoms with Gasteiger partial charge in [-0.3, -0.25) is 5.32 Å². The molecule has 0 radical (unpaired) electrons. The molecule has 3 aliphatic carbocycles. The molecule has 3 saturated carbocycles. The molecule has 5 rings (SSSR count). The first-order valence-electron chi connectivity index (χ1n) is 8.09. The molecule has 3 aliphatic rings. The number of aryl methyl sites for hydroxylation is 1. The topological polar surface area (TPSA) is 43.0 Å². The Morgan fingerprint density at radius 2 is 2.14 bits per heavy atom. The molecule has 2 aromatic heterocycles. The van der Waals surface area contributed by atoms with E-state index in [1.165, 1.54) is 19.3 Å². The zero-order valence-electron chi connectivity index (χ0n) is 12.3. The van der Waals surface area contributed by atoms with E-state index in [9.17, 15) is 0 Å². The van der Waals surface area contributed by atoms with Gasteiger partial charge in [-0.05, 0) is 55.1 Å². The van der Waals surface area contributed by atoms with Gasteiger partial charge < -0.3 is 8.98 Å². The minimum Gasteiger partial charge on any atom is -0.467 e. The van der Waals surface area contributed by atoms with Gasteiger partial charge in [-0.2, -0.15) is 0 Å². The molecular weight excluding hydrogens is 262 g/mol. The number of hydrogen-bond donors (Lipinski definition) is 1. The van der Waals surface area contributed by atoms with E-state index in [1.54, 1.807) is 6.26 Å². The molecule has 5 unspecified atom stereocenters. The molecular formula is C17H21N3O. The van der Waals surface area contributed by atoms with Crippen LogP contribution in [0.1, 0.15) is 36.9 Å². The summed E-state index contributed by atoms with van der Waals surface area (Å²) < 4.78 is 7.77. The molecule has 0 amide bonds. The second kappa shape index (κ2) is 4.23. The summed E-state index contributed by atoms with van der Waals surface area (Å²) in [6, 6.07) is 4.77. The Morgan fingerprint density at radius 3 is 2.76 bits per heavy atom. The van der Waals surface area contributed by atoms with E-state index >= 15 is 0 Å². The van der Waals surface area contributed by atoms with Crippen molar-refractivity contribution in [1.29, 1.82) is 0 Å². The fourth-order valence-corrected chi connectivity index (χ4v) is 5.14. The van der Waals surface area contributed by atoms with Crippen molar-refractivity contribution < 1.29 is 4.42 Å². The summed E-state index contributed by atoms with van der Waals surface area (Å²) in [4.78, 5) is 4.54. The van der Waals surface area contributed by atoms with Gasteiger partial charge in [0.05, 0.1) is 6.26 Å². The molecule has 2 aromatic rings. The fourth-order valence-electron chi connectivity index (χ4n) is 5.14. The number of nitrogens with zero attached hydrogens (tertiary/aromatic N) is 2. The first-order chi connectivity index (χ1) is 10.3. The van der Waals surface area contributed by atoms with Crippen molar-refractivity contribution in [3.8, 4) is 0 Å². The number of hydrogen-bond acceptors (Lipinski definition) is 3. The van der Waals surface area contributed by atoms with E-state index in [-0.39, 0.29) is 6.04 Å². The Kier molecular flexibility index (Phi) is 2.42. The number of fused-ring (bicyclic) bond motifs is 5. The van der Waals surface area contributed by atoms with Crippen molar-refractivity contribution in [2.24, 2.45) is 30.7 Å². The molecule has 0 aromatic carbocycles. The summed E-state index contributed by atoms with van der Waals surface area (Å²) in [5.41, 5.74) is 0. The minimum absolute atomic E-state index is 0.0787. The Morgan fingerprint density at radius 1 is 1.33 bits per heavy atom. The smallest absolute Gasteiger partial charge is 0.133 e. The molecule has 1 N–H and O–H groups in total. The summed E-state index contributed by atoms with van der Waals surface area (Å²) in [6.45, 7) is 0. The zero-order chi connectivity index (χ0) is 14.0. The van der Waals surface area contributed by atoms with Crippen molar-refractivity contribution in [2.75, 3.05) is 0 Å². The van der Waals surface area contributed by atoms with E-state index in [2.05, 4.69) is 28.0 Å². The van der Waals surface area contributed by atoms with Crippen molar-refractivity contribution in [2.45, 2.75) is 31.3 Å². The largest absolute Gasteiger partial charge is 0.467 e. The molecule has 4 heteroatoms. The zero-order valence-corrected chi connectivity index (χ0v) is 12.3. The summed E-state index contributed by atoms with van der Waals surface area (Å²) in [6.07, 6.45) is 10.0. The Bertz CT molecular complexity index is 631. The molecule has 2 bridgehead atoms. The highest BCUT2D eigenvalue weighted by Crippen LogP contribution is 2.66. The van der Waals surface area contributed by atoms with Crippen molar-refractivity contribution in [3.05, 3.63) is 42.4 Å². The molecule has 0 saturated heterocycles. The normalized spacial score (nSPS) is 37.7. The number of imidazole rings is 1. The minimum atomic E-state index is 0.0787. The molecule has 21 heavy (non-hydrogen) atoms. The van der Waals surface area contributed by atoms with Gasteiger partial charge in [-0.15, -0.1) is 0 Å². The third-order valence-electron chi connectivity index (χ3n) is 6.04. The van der Waals surface area contributed by atoms with Gasteiger partial charge in [0.25, 0.3) is 0 Å². The van der Waals surface area contributed by atoms with Crippen LogP contribution in [-0.2, 0) is 7.05 Å². The molecule has 2 heterocycles. The lowest BCUT2D eigenvalue weighted by Gasteiger charge is -2.19. The van der Waals surface area contributed by atoms with Crippen LogP contribution in [0.3, 0.4) is 0 Å². The van der Waals surface area contributed by atoms with Gasteiger partial charge in [-0.1, -0.05) is 0 Å². The first kappa shape index (κ1) is 12.0. The van der Waals surface area contributed by atoms with E-state index in [1.807, 2.05) is 18.5 Å². The van der Waals surface area contributed by atoms with Crippen molar-refractivity contribution >= 4 is 0 Å². The van der Waals surface area contributed by atoms with E-state index in [0.717, 1.165) is 35.3 Å². The molecule has 5 atom stereocenters.